The van der Waals surface area contributed by atoms with Crippen molar-refractivity contribution in [3.05, 3.63) is 77.2 Å². The lowest BCUT2D eigenvalue weighted by Gasteiger charge is -2.34. The molecule has 1 fully saturated rings. The number of ether oxygens (including phenoxy) is 1. The molecule has 162 valence electrons. The van der Waals surface area contributed by atoms with Crippen LogP contribution in [0.25, 0.3) is 6.08 Å². The fraction of sp³-hybridized carbons (Fsp3) is 0.261. The zero-order chi connectivity index (χ0) is 22.2. The minimum absolute atomic E-state index is 0.0741. The average molecular weight is 425 g/mol. The predicted octanol–water partition coefficient (Wildman–Crippen LogP) is 2.90. The van der Waals surface area contributed by atoms with Crippen LogP contribution in [0.4, 0.5) is 9.18 Å². The molecular formula is C23H24FN3O4. The molecule has 3 amide bonds. The van der Waals surface area contributed by atoms with Crippen LogP contribution < -0.4 is 5.32 Å². The molecule has 0 aliphatic carbocycles. The lowest BCUT2D eigenvalue weighted by Crippen LogP contribution is -2.52. The van der Waals surface area contributed by atoms with Crippen LogP contribution >= 0.6 is 0 Å². The van der Waals surface area contributed by atoms with Crippen molar-refractivity contribution in [3.63, 3.8) is 0 Å². The second kappa shape index (κ2) is 10.4. The lowest BCUT2D eigenvalue weighted by molar-refractivity contribution is -0.128. The summed E-state index contributed by atoms with van der Waals surface area (Å²) < 4.78 is 18.3. The van der Waals surface area contributed by atoms with Crippen molar-refractivity contribution in [2.45, 2.75) is 6.92 Å². The molecule has 0 unspecified atom stereocenters. The highest BCUT2D eigenvalue weighted by Gasteiger charge is 2.27. The van der Waals surface area contributed by atoms with Crippen molar-refractivity contribution in [1.82, 2.24) is 15.1 Å². The summed E-state index contributed by atoms with van der Waals surface area (Å²) in [7, 11) is 0. The molecule has 0 bridgehead atoms. The van der Waals surface area contributed by atoms with Crippen molar-refractivity contribution in [3.8, 4) is 0 Å². The molecule has 2 aromatic rings. The van der Waals surface area contributed by atoms with Gasteiger partial charge in [-0.1, -0.05) is 30.3 Å². The first-order valence-electron chi connectivity index (χ1n) is 10.0. The molecule has 0 aromatic heterocycles. The van der Waals surface area contributed by atoms with Gasteiger partial charge in [0.2, 0.25) is 0 Å². The van der Waals surface area contributed by atoms with Gasteiger partial charge in [-0.05, 0) is 42.8 Å². The van der Waals surface area contributed by atoms with Gasteiger partial charge < -0.3 is 19.9 Å². The number of piperazine rings is 1. The SMILES string of the molecule is CCOC(=O)N1CCN(C(=O)/C(=C/c2ccc(F)cc2)NC(=O)c2ccccc2)CC1. The summed E-state index contributed by atoms with van der Waals surface area (Å²) in [5, 5.41) is 2.68. The summed E-state index contributed by atoms with van der Waals surface area (Å²) in [6.07, 6.45) is 1.11. The maximum atomic E-state index is 13.3. The third-order valence-electron chi connectivity index (χ3n) is 4.79. The number of hydrogen-bond acceptors (Lipinski definition) is 4. The third-order valence-corrected chi connectivity index (χ3v) is 4.79. The summed E-state index contributed by atoms with van der Waals surface area (Å²) in [6.45, 7) is 3.30. The van der Waals surface area contributed by atoms with Gasteiger partial charge in [0.05, 0.1) is 6.61 Å². The first-order valence-corrected chi connectivity index (χ1v) is 10.0. The molecule has 8 heteroatoms. The number of nitrogens with one attached hydrogen (secondary N) is 1. The Morgan fingerprint density at radius 3 is 2.19 bits per heavy atom. The zero-order valence-corrected chi connectivity index (χ0v) is 17.2. The van der Waals surface area contributed by atoms with Crippen LogP contribution in [0.2, 0.25) is 0 Å². The van der Waals surface area contributed by atoms with Crippen molar-refractivity contribution >= 4 is 24.0 Å². The minimum atomic E-state index is -0.424. The molecule has 1 aliphatic heterocycles. The van der Waals surface area contributed by atoms with Crippen LogP contribution in [0.15, 0.2) is 60.3 Å². The molecule has 1 N–H and O–H groups in total. The van der Waals surface area contributed by atoms with Gasteiger partial charge in [-0.25, -0.2) is 9.18 Å². The Balaban J connectivity index is 1.77. The maximum absolute atomic E-state index is 13.3. The highest BCUT2D eigenvalue weighted by Crippen LogP contribution is 2.13. The Morgan fingerprint density at radius 2 is 1.58 bits per heavy atom. The number of carbonyl (C=O) groups is 3. The topological polar surface area (TPSA) is 79.0 Å². The van der Waals surface area contributed by atoms with E-state index in [9.17, 15) is 18.8 Å². The van der Waals surface area contributed by atoms with Gasteiger partial charge in [-0.15, -0.1) is 0 Å². The van der Waals surface area contributed by atoms with E-state index >= 15 is 0 Å². The number of nitrogens with zero attached hydrogens (tertiary/aromatic N) is 2. The number of halogens is 1. The molecule has 1 aliphatic rings. The fourth-order valence-electron chi connectivity index (χ4n) is 3.14. The first kappa shape index (κ1) is 22.0. The van der Waals surface area contributed by atoms with Crippen LogP contribution in [0.5, 0.6) is 0 Å². The first-order chi connectivity index (χ1) is 15.0. The molecule has 0 atom stereocenters. The molecule has 1 heterocycles. The summed E-state index contributed by atoms with van der Waals surface area (Å²) in [5.74, 6) is -1.20. The average Bonchev–Trinajstić information content (AvgIpc) is 2.80. The summed E-state index contributed by atoms with van der Waals surface area (Å²) in [6, 6.07) is 14.2. The van der Waals surface area contributed by atoms with Gasteiger partial charge in [-0.3, -0.25) is 9.59 Å². The molecule has 0 spiro atoms. The van der Waals surface area contributed by atoms with Crippen LogP contribution in [0.1, 0.15) is 22.8 Å². The second-order valence-electron chi connectivity index (χ2n) is 6.91. The Hall–Kier alpha value is -3.68. The van der Waals surface area contributed by atoms with E-state index in [2.05, 4.69) is 5.32 Å². The molecule has 0 radical (unpaired) electrons. The maximum Gasteiger partial charge on any atom is 0.409 e. The predicted molar refractivity (Wildman–Crippen MR) is 113 cm³/mol. The van der Waals surface area contributed by atoms with Crippen molar-refractivity contribution in [2.75, 3.05) is 32.8 Å². The van der Waals surface area contributed by atoms with E-state index < -0.39 is 17.8 Å². The Bertz CT molecular complexity index is 953. The van der Waals surface area contributed by atoms with Gasteiger partial charge in [0.25, 0.3) is 11.8 Å². The molecule has 0 saturated carbocycles. The highest BCUT2D eigenvalue weighted by atomic mass is 19.1. The minimum Gasteiger partial charge on any atom is -0.450 e. The van der Waals surface area contributed by atoms with Gasteiger partial charge in [0.15, 0.2) is 0 Å². The Morgan fingerprint density at radius 1 is 0.968 bits per heavy atom. The van der Waals surface area contributed by atoms with Gasteiger partial charge in [0, 0.05) is 31.7 Å². The Labute approximate surface area is 180 Å². The molecular weight excluding hydrogens is 401 g/mol. The van der Waals surface area contributed by atoms with Crippen molar-refractivity contribution < 1.29 is 23.5 Å². The molecule has 1 saturated heterocycles. The van der Waals surface area contributed by atoms with E-state index in [1.54, 1.807) is 47.1 Å². The number of carbonyl (C=O) groups excluding carboxylic acids is 3. The summed E-state index contributed by atoms with van der Waals surface area (Å²) >= 11 is 0. The largest absolute Gasteiger partial charge is 0.450 e. The molecule has 3 rings (SSSR count). The third kappa shape index (κ3) is 5.91. The highest BCUT2D eigenvalue weighted by molar-refractivity contribution is 6.05. The standard InChI is InChI=1S/C23H24FN3O4/c1-2-31-23(30)27-14-12-26(13-15-27)22(29)20(16-17-8-10-19(24)11-9-17)25-21(28)18-6-4-3-5-7-18/h3-11,16H,2,12-15H2,1H3,(H,25,28)/b20-16-. The van der Waals surface area contributed by atoms with E-state index in [0.29, 0.717) is 37.3 Å². The number of amides is 3. The number of rotatable bonds is 5. The van der Waals surface area contributed by atoms with E-state index in [1.165, 1.54) is 30.3 Å². The zero-order valence-electron chi connectivity index (χ0n) is 17.2. The van der Waals surface area contributed by atoms with Gasteiger partial charge in [0.1, 0.15) is 11.5 Å². The van der Waals surface area contributed by atoms with E-state index in [0.717, 1.165) is 0 Å². The van der Waals surface area contributed by atoms with Crippen LogP contribution in [0, 0.1) is 5.82 Å². The van der Waals surface area contributed by atoms with Crippen LogP contribution in [-0.4, -0.2) is 60.5 Å². The van der Waals surface area contributed by atoms with Gasteiger partial charge >= 0.3 is 6.09 Å². The quantitative estimate of drug-likeness (QED) is 0.748. The Kier molecular flexibility index (Phi) is 7.37. The fourth-order valence-corrected chi connectivity index (χ4v) is 3.14. The molecule has 7 nitrogen and oxygen atoms in total. The normalized spacial score (nSPS) is 14.2. The van der Waals surface area contributed by atoms with Crippen molar-refractivity contribution in [2.24, 2.45) is 0 Å². The monoisotopic (exact) mass is 425 g/mol. The van der Waals surface area contributed by atoms with Crippen molar-refractivity contribution in [1.29, 1.82) is 0 Å². The molecule has 2 aromatic carbocycles. The van der Waals surface area contributed by atoms with Crippen LogP contribution in [-0.2, 0) is 9.53 Å². The molecule has 31 heavy (non-hydrogen) atoms. The smallest absolute Gasteiger partial charge is 0.409 e. The lowest BCUT2D eigenvalue weighted by atomic mass is 10.1. The summed E-state index contributed by atoms with van der Waals surface area (Å²) in [5.41, 5.74) is 1.06. The summed E-state index contributed by atoms with van der Waals surface area (Å²) in [4.78, 5) is 40.8. The van der Waals surface area contributed by atoms with E-state index in [1.807, 2.05) is 0 Å². The van der Waals surface area contributed by atoms with Crippen LogP contribution in [0.3, 0.4) is 0 Å². The van der Waals surface area contributed by atoms with E-state index in [-0.39, 0.29) is 18.2 Å². The second-order valence-corrected chi connectivity index (χ2v) is 6.91. The number of hydrogen-bond donors (Lipinski definition) is 1. The van der Waals surface area contributed by atoms with E-state index in [4.69, 9.17) is 4.74 Å². The van der Waals surface area contributed by atoms with Gasteiger partial charge in [-0.2, -0.15) is 0 Å². The number of benzene rings is 2.